The average molecular weight is 321 g/mol. The Kier molecular flexibility index (Phi) is 4.95. The molecular formula is C18H19N5O. The van der Waals surface area contributed by atoms with Crippen molar-refractivity contribution in [3.8, 4) is 6.07 Å². The minimum atomic E-state index is -0.360. The summed E-state index contributed by atoms with van der Waals surface area (Å²) >= 11 is 0. The molecule has 0 unspecified atom stereocenters. The molecule has 1 heterocycles. The van der Waals surface area contributed by atoms with E-state index >= 15 is 0 Å². The van der Waals surface area contributed by atoms with E-state index in [4.69, 9.17) is 16.4 Å². The van der Waals surface area contributed by atoms with E-state index in [9.17, 15) is 4.79 Å². The fourth-order valence-corrected chi connectivity index (χ4v) is 2.32. The van der Waals surface area contributed by atoms with Gasteiger partial charge in [-0.2, -0.15) is 5.26 Å². The van der Waals surface area contributed by atoms with E-state index in [1.807, 2.05) is 19.9 Å². The minimum absolute atomic E-state index is 0.0531. The molecule has 6 nitrogen and oxygen atoms in total. The summed E-state index contributed by atoms with van der Waals surface area (Å²) in [6.07, 6.45) is 1.39. The molecule has 0 atom stereocenters. The van der Waals surface area contributed by atoms with E-state index in [2.05, 4.69) is 10.3 Å². The number of nitrogens with one attached hydrogen (secondary N) is 2. The predicted molar refractivity (Wildman–Crippen MR) is 94.4 cm³/mol. The lowest BCUT2D eigenvalue weighted by Crippen LogP contribution is -2.17. The van der Waals surface area contributed by atoms with Crippen LogP contribution in [0, 0.1) is 16.7 Å². The van der Waals surface area contributed by atoms with Gasteiger partial charge in [-0.15, -0.1) is 0 Å². The van der Waals surface area contributed by atoms with Crippen LogP contribution < -0.4 is 11.1 Å². The number of nitrogens with zero attached hydrogens (tertiary/aromatic N) is 2. The molecule has 0 fully saturated rings. The topological polar surface area (TPSA) is 116 Å². The first-order chi connectivity index (χ1) is 11.3. The number of benzene rings is 1. The van der Waals surface area contributed by atoms with Crippen LogP contribution in [0.25, 0.3) is 0 Å². The highest BCUT2D eigenvalue weighted by Crippen LogP contribution is 2.22. The normalized spacial score (nSPS) is 10.3. The number of hydrogen-bond acceptors (Lipinski definition) is 5. The Hall–Kier alpha value is -3.20. The van der Waals surface area contributed by atoms with Gasteiger partial charge in [0, 0.05) is 28.8 Å². The lowest BCUT2D eigenvalue weighted by atomic mass is 9.99. The molecule has 122 valence electrons. The minimum Gasteiger partial charge on any atom is -0.398 e. The third kappa shape index (κ3) is 3.58. The number of hydrogen-bond donors (Lipinski definition) is 3. The number of rotatable bonds is 4. The second-order valence-electron chi connectivity index (χ2n) is 5.81. The summed E-state index contributed by atoms with van der Waals surface area (Å²) in [6.45, 7) is 5.51. The van der Waals surface area contributed by atoms with E-state index in [0.717, 1.165) is 0 Å². The molecule has 0 bridgehead atoms. The Morgan fingerprint density at radius 1 is 1.38 bits per heavy atom. The summed E-state index contributed by atoms with van der Waals surface area (Å²) < 4.78 is 0. The molecule has 0 saturated heterocycles. The maximum absolute atomic E-state index is 12.6. The Balaban J connectivity index is 2.36. The van der Waals surface area contributed by atoms with E-state index in [1.165, 1.54) is 6.20 Å². The largest absolute Gasteiger partial charge is 0.398 e. The van der Waals surface area contributed by atoms with Gasteiger partial charge in [-0.1, -0.05) is 13.8 Å². The molecule has 4 N–H and O–H groups in total. The lowest BCUT2D eigenvalue weighted by molar-refractivity contribution is 0.102. The van der Waals surface area contributed by atoms with Gasteiger partial charge in [-0.05, 0) is 42.7 Å². The van der Waals surface area contributed by atoms with E-state index in [-0.39, 0.29) is 17.5 Å². The molecule has 0 aliphatic rings. The van der Waals surface area contributed by atoms with E-state index in [0.29, 0.717) is 33.8 Å². The van der Waals surface area contributed by atoms with Crippen molar-refractivity contribution in [3.63, 3.8) is 0 Å². The van der Waals surface area contributed by atoms with Crippen molar-refractivity contribution in [2.75, 3.05) is 11.1 Å². The number of anilines is 2. The molecule has 1 amide bonds. The molecule has 0 radical (unpaired) electrons. The smallest absolute Gasteiger partial charge is 0.274 e. The van der Waals surface area contributed by atoms with Crippen LogP contribution in [0.1, 0.15) is 53.9 Å². The Morgan fingerprint density at radius 2 is 2.08 bits per heavy atom. The summed E-state index contributed by atoms with van der Waals surface area (Å²) in [5, 5.41) is 19.5. The zero-order valence-electron chi connectivity index (χ0n) is 13.8. The van der Waals surface area contributed by atoms with Crippen molar-refractivity contribution in [1.29, 1.82) is 10.7 Å². The maximum Gasteiger partial charge on any atom is 0.274 e. The average Bonchev–Trinajstić information content (AvgIpc) is 2.55. The molecule has 6 heteroatoms. The van der Waals surface area contributed by atoms with Crippen LogP contribution in [-0.2, 0) is 0 Å². The predicted octanol–water partition coefficient (Wildman–Crippen LogP) is 3.30. The highest BCUT2D eigenvalue weighted by Gasteiger charge is 2.17. The standard InChI is InChI=1S/C18H19N5O/c1-10(2)14-6-12(8-19)9-22-17(14)18(24)23-13-4-5-16(21)15(7-13)11(3)20/h4-7,9-10,20H,21H2,1-3H3,(H,23,24). The van der Waals surface area contributed by atoms with Crippen LogP contribution in [0.15, 0.2) is 30.5 Å². The number of nitrogens with two attached hydrogens (primary N) is 1. The quantitative estimate of drug-likeness (QED) is 0.591. The Bertz CT molecular complexity index is 849. The third-order valence-electron chi connectivity index (χ3n) is 3.60. The van der Waals surface area contributed by atoms with Crippen molar-refractivity contribution in [1.82, 2.24) is 4.98 Å². The van der Waals surface area contributed by atoms with Crippen LogP contribution in [0.5, 0.6) is 0 Å². The number of carbonyl (C=O) groups is 1. The van der Waals surface area contributed by atoms with Crippen molar-refractivity contribution in [2.45, 2.75) is 26.7 Å². The number of pyridine rings is 1. The van der Waals surface area contributed by atoms with Gasteiger partial charge >= 0.3 is 0 Å². The number of amides is 1. The fourth-order valence-electron chi connectivity index (χ4n) is 2.32. The Labute approximate surface area is 140 Å². The van der Waals surface area contributed by atoms with Crippen molar-refractivity contribution >= 4 is 23.0 Å². The maximum atomic E-state index is 12.6. The van der Waals surface area contributed by atoms with Crippen LogP contribution in [0.4, 0.5) is 11.4 Å². The van der Waals surface area contributed by atoms with Crippen LogP contribution in [-0.4, -0.2) is 16.6 Å². The number of carbonyl (C=O) groups excluding carboxylic acids is 1. The summed E-state index contributed by atoms with van der Waals surface area (Å²) in [5.74, 6) is -0.307. The summed E-state index contributed by atoms with van der Waals surface area (Å²) in [6, 6.07) is 8.71. The molecule has 24 heavy (non-hydrogen) atoms. The van der Waals surface area contributed by atoms with E-state index in [1.54, 1.807) is 31.2 Å². The molecule has 2 aromatic rings. The van der Waals surface area contributed by atoms with Gasteiger partial charge in [-0.25, -0.2) is 4.98 Å². The lowest BCUT2D eigenvalue weighted by Gasteiger charge is -2.13. The first-order valence-corrected chi connectivity index (χ1v) is 7.50. The number of nitrogen functional groups attached to an aromatic ring is 1. The first kappa shape index (κ1) is 17.2. The monoisotopic (exact) mass is 321 g/mol. The molecule has 0 aliphatic carbocycles. The van der Waals surface area contributed by atoms with Crippen molar-refractivity contribution in [2.24, 2.45) is 0 Å². The highest BCUT2D eigenvalue weighted by atomic mass is 16.1. The molecule has 0 saturated carbocycles. The molecule has 0 aliphatic heterocycles. The van der Waals surface area contributed by atoms with Gasteiger partial charge in [0.2, 0.25) is 0 Å². The van der Waals surface area contributed by atoms with Gasteiger partial charge in [0.1, 0.15) is 11.8 Å². The van der Waals surface area contributed by atoms with Crippen molar-refractivity contribution < 1.29 is 4.79 Å². The molecular weight excluding hydrogens is 302 g/mol. The molecule has 0 spiro atoms. The second-order valence-corrected chi connectivity index (χ2v) is 5.81. The van der Waals surface area contributed by atoms with Gasteiger partial charge in [0.05, 0.1) is 5.56 Å². The molecule has 2 rings (SSSR count). The van der Waals surface area contributed by atoms with Gasteiger partial charge in [-0.3, -0.25) is 4.79 Å². The van der Waals surface area contributed by atoms with Gasteiger partial charge in [0.25, 0.3) is 5.91 Å². The fraction of sp³-hybridized carbons (Fsp3) is 0.222. The second kappa shape index (κ2) is 6.92. The first-order valence-electron chi connectivity index (χ1n) is 7.50. The molecule has 1 aromatic carbocycles. The summed E-state index contributed by atoms with van der Waals surface area (Å²) in [5.41, 5.74) is 9.17. The zero-order chi connectivity index (χ0) is 17.9. The zero-order valence-corrected chi connectivity index (χ0v) is 13.8. The van der Waals surface area contributed by atoms with E-state index < -0.39 is 0 Å². The number of aromatic nitrogens is 1. The highest BCUT2D eigenvalue weighted by molar-refractivity contribution is 6.06. The third-order valence-corrected chi connectivity index (χ3v) is 3.60. The van der Waals surface area contributed by atoms with Crippen molar-refractivity contribution in [3.05, 3.63) is 52.8 Å². The van der Waals surface area contributed by atoms with Crippen LogP contribution >= 0.6 is 0 Å². The van der Waals surface area contributed by atoms with Gasteiger partial charge < -0.3 is 16.5 Å². The SMILES string of the molecule is CC(=N)c1cc(NC(=O)c2ncc(C#N)cc2C(C)C)ccc1N. The number of nitriles is 1. The summed E-state index contributed by atoms with van der Waals surface area (Å²) in [7, 11) is 0. The summed E-state index contributed by atoms with van der Waals surface area (Å²) in [4.78, 5) is 16.7. The van der Waals surface area contributed by atoms with Gasteiger partial charge in [0.15, 0.2) is 0 Å². The van der Waals surface area contributed by atoms with Crippen LogP contribution in [0.2, 0.25) is 0 Å². The Morgan fingerprint density at radius 3 is 2.67 bits per heavy atom. The molecule has 1 aromatic heterocycles. The van der Waals surface area contributed by atoms with Crippen LogP contribution in [0.3, 0.4) is 0 Å².